The van der Waals surface area contributed by atoms with Crippen molar-refractivity contribution in [3.05, 3.63) is 35.9 Å². The van der Waals surface area contributed by atoms with Gasteiger partial charge in [0.2, 0.25) is 11.8 Å². The van der Waals surface area contributed by atoms with Gasteiger partial charge in [-0.1, -0.05) is 30.3 Å². The first kappa shape index (κ1) is 17.5. The number of carbonyl (C=O) groups is 2. The van der Waals surface area contributed by atoms with Crippen LogP contribution in [0.3, 0.4) is 0 Å². The molecule has 2 amide bonds. The molecule has 1 aliphatic heterocycles. The summed E-state index contributed by atoms with van der Waals surface area (Å²) in [5.41, 5.74) is 1.12. The van der Waals surface area contributed by atoms with Crippen molar-refractivity contribution < 1.29 is 9.59 Å². The minimum absolute atomic E-state index is 0.0712. The Morgan fingerprint density at radius 2 is 1.91 bits per heavy atom. The van der Waals surface area contributed by atoms with E-state index in [1.807, 2.05) is 49.3 Å². The zero-order valence-electron chi connectivity index (χ0n) is 14.4. The Labute approximate surface area is 138 Å². The molecule has 1 heterocycles. The fraction of sp³-hybridized carbons (Fsp3) is 0.556. The van der Waals surface area contributed by atoms with Gasteiger partial charge >= 0.3 is 0 Å². The highest BCUT2D eigenvalue weighted by atomic mass is 16.2. The van der Waals surface area contributed by atoms with Gasteiger partial charge in [-0.05, 0) is 26.1 Å². The summed E-state index contributed by atoms with van der Waals surface area (Å²) in [6.07, 6.45) is 1.09. The second-order valence-electron chi connectivity index (χ2n) is 6.55. The third-order valence-corrected chi connectivity index (χ3v) is 4.35. The van der Waals surface area contributed by atoms with Gasteiger partial charge in [0.05, 0.1) is 0 Å². The lowest BCUT2D eigenvalue weighted by Gasteiger charge is -2.33. The first-order chi connectivity index (χ1) is 11.0. The summed E-state index contributed by atoms with van der Waals surface area (Å²) in [5.74, 6) is 0.00333. The van der Waals surface area contributed by atoms with Gasteiger partial charge in [0.15, 0.2) is 0 Å². The monoisotopic (exact) mass is 317 g/mol. The molecule has 1 aromatic carbocycles. The van der Waals surface area contributed by atoms with Crippen LogP contribution >= 0.6 is 0 Å². The third-order valence-electron chi connectivity index (χ3n) is 4.35. The van der Waals surface area contributed by atoms with E-state index in [0.717, 1.165) is 18.5 Å². The van der Waals surface area contributed by atoms with Crippen molar-refractivity contribution in [3.8, 4) is 0 Å². The van der Waals surface area contributed by atoms with Crippen LogP contribution in [0.4, 0.5) is 0 Å². The fourth-order valence-electron chi connectivity index (χ4n) is 2.80. The highest BCUT2D eigenvalue weighted by molar-refractivity contribution is 5.86. The Morgan fingerprint density at radius 3 is 2.52 bits per heavy atom. The molecule has 2 rings (SSSR count). The number of hydrogen-bond donors (Lipinski definition) is 0. The molecule has 23 heavy (non-hydrogen) atoms. The van der Waals surface area contributed by atoms with Crippen LogP contribution in [0.15, 0.2) is 30.3 Å². The molecule has 1 saturated heterocycles. The number of nitrogens with zero attached hydrogens (tertiary/aromatic N) is 3. The zero-order valence-corrected chi connectivity index (χ0v) is 14.4. The zero-order chi connectivity index (χ0) is 16.8. The molecule has 0 spiro atoms. The maximum atomic E-state index is 12.9. The number of amides is 2. The summed E-state index contributed by atoms with van der Waals surface area (Å²) >= 11 is 0. The first-order valence-electron chi connectivity index (χ1n) is 8.18. The van der Waals surface area contributed by atoms with Crippen LogP contribution < -0.4 is 0 Å². The molecule has 0 aromatic heterocycles. The Bertz CT molecular complexity index is 530. The molecule has 1 aliphatic rings. The Balaban J connectivity index is 2.06. The van der Waals surface area contributed by atoms with E-state index in [4.69, 9.17) is 0 Å². The standard InChI is InChI=1S/C18H27N3O2/c1-19(2)11-12-21(14-15-7-5-4-6-8-15)18(23)16-9-10-20(3)17(22)13-16/h4-8,16H,9-14H2,1-3H3/t16-/m1/s1. The van der Waals surface area contributed by atoms with Crippen LogP contribution in [0.5, 0.6) is 0 Å². The Hall–Kier alpha value is -1.88. The maximum absolute atomic E-state index is 12.9. The Kier molecular flexibility index (Phi) is 6.16. The predicted octanol–water partition coefficient (Wildman–Crippen LogP) is 1.45. The summed E-state index contributed by atoms with van der Waals surface area (Å²) in [6.45, 7) is 2.77. The van der Waals surface area contributed by atoms with Gasteiger partial charge in [0.1, 0.15) is 0 Å². The van der Waals surface area contributed by atoms with Gasteiger partial charge in [-0.25, -0.2) is 0 Å². The molecule has 1 fully saturated rings. The van der Waals surface area contributed by atoms with Crippen LogP contribution in [0.1, 0.15) is 18.4 Å². The lowest BCUT2D eigenvalue weighted by Crippen LogP contribution is -2.45. The molecule has 0 unspecified atom stereocenters. The normalized spacial score (nSPS) is 18.3. The summed E-state index contributed by atoms with van der Waals surface area (Å²) in [7, 11) is 5.81. The number of hydrogen-bond acceptors (Lipinski definition) is 3. The second kappa shape index (κ2) is 8.11. The highest BCUT2D eigenvalue weighted by Gasteiger charge is 2.31. The van der Waals surface area contributed by atoms with E-state index in [9.17, 15) is 9.59 Å². The van der Waals surface area contributed by atoms with E-state index in [2.05, 4.69) is 4.90 Å². The maximum Gasteiger partial charge on any atom is 0.226 e. The largest absolute Gasteiger partial charge is 0.346 e. The van der Waals surface area contributed by atoms with Crippen LogP contribution in [0, 0.1) is 5.92 Å². The van der Waals surface area contributed by atoms with E-state index in [-0.39, 0.29) is 17.7 Å². The average molecular weight is 317 g/mol. The molecule has 0 aliphatic carbocycles. The number of rotatable bonds is 6. The van der Waals surface area contributed by atoms with Crippen molar-refractivity contribution in [2.75, 3.05) is 40.8 Å². The van der Waals surface area contributed by atoms with Crippen LogP contribution in [-0.2, 0) is 16.1 Å². The number of likely N-dealkylation sites (N-methyl/N-ethyl adjacent to an activating group) is 1. The van der Waals surface area contributed by atoms with Crippen molar-refractivity contribution in [3.63, 3.8) is 0 Å². The fourth-order valence-corrected chi connectivity index (χ4v) is 2.80. The Morgan fingerprint density at radius 1 is 1.22 bits per heavy atom. The molecule has 0 bridgehead atoms. The van der Waals surface area contributed by atoms with E-state index in [0.29, 0.717) is 26.1 Å². The minimum atomic E-state index is -0.176. The van der Waals surface area contributed by atoms with Gasteiger partial charge in [0.25, 0.3) is 0 Å². The summed E-state index contributed by atoms with van der Waals surface area (Å²) in [5, 5.41) is 0. The van der Waals surface area contributed by atoms with Gasteiger partial charge in [-0.2, -0.15) is 0 Å². The van der Waals surface area contributed by atoms with Crippen LogP contribution in [0.2, 0.25) is 0 Å². The van der Waals surface area contributed by atoms with Gasteiger partial charge in [-0.15, -0.1) is 0 Å². The smallest absolute Gasteiger partial charge is 0.226 e. The number of benzene rings is 1. The molecule has 0 saturated carbocycles. The number of carbonyl (C=O) groups excluding carboxylic acids is 2. The predicted molar refractivity (Wildman–Crippen MR) is 90.8 cm³/mol. The van der Waals surface area contributed by atoms with Crippen molar-refractivity contribution in [2.24, 2.45) is 5.92 Å². The van der Waals surface area contributed by atoms with E-state index < -0.39 is 0 Å². The molecule has 0 radical (unpaired) electrons. The SMILES string of the molecule is CN(C)CCN(Cc1ccccc1)C(=O)[C@@H]1CCN(C)C(=O)C1. The van der Waals surface area contributed by atoms with Gasteiger partial charge < -0.3 is 14.7 Å². The summed E-state index contributed by atoms with van der Waals surface area (Å²) < 4.78 is 0. The number of piperidine rings is 1. The molecule has 1 aromatic rings. The molecule has 0 N–H and O–H groups in total. The van der Waals surface area contributed by atoms with E-state index in [1.165, 1.54) is 0 Å². The summed E-state index contributed by atoms with van der Waals surface area (Å²) in [4.78, 5) is 30.5. The average Bonchev–Trinajstić information content (AvgIpc) is 2.54. The molecular weight excluding hydrogens is 290 g/mol. The summed E-state index contributed by atoms with van der Waals surface area (Å²) in [6, 6.07) is 10.0. The number of likely N-dealkylation sites (tertiary alicyclic amines) is 1. The van der Waals surface area contributed by atoms with Gasteiger partial charge in [-0.3, -0.25) is 9.59 Å². The molecule has 5 heteroatoms. The minimum Gasteiger partial charge on any atom is -0.346 e. The first-order valence-corrected chi connectivity index (χ1v) is 8.18. The molecule has 126 valence electrons. The van der Waals surface area contributed by atoms with Crippen molar-refractivity contribution in [1.29, 1.82) is 0 Å². The molecule has 5 nitrogen and oxygen atoms in total. The molecule has 1 atom stereocenters. The van der Waals surface area contributed by atoms with Gasteiger partial charge in [0, 0.05) is 45.6 Å². The van der Waals surface area contributed by atoms with E-state index >= 15 is 0 Å². The third kappa shape index (κ3) is 5.06. The van der Waals surface area contributed by atoms with Crippen molar-refractivity contribution in [2.45, 2.75) is 19.4 Å². The lowest BCUT2D eigenvalue weighted by molar-refractivity contribution is -0.144. The van der Waals surface area contributed by atoms with Crippen LogP contribution in [0.25, 0.3) is 0 Å². The van der Waals surface area contributed by atoms with Crippen molar-refractivity contribution >= 4 is 11.8 Å². The quantitative estimate of drug-likeness (QED) is 0.797. The highest BCUT2D eigenvalue weighted by Crippen LogP contribution is 2.21. The molecular formula is C18H27N3O2. The second-order valence-corrected chi connectivity index (χ2v) is 6.55. The van der Waals surface area contributed by atoms with Crippen LogP contribution in [-0.4, -0.2) is 67.3 Å². The van der Waals surface area contributed by atoms with E-state index in [1.54, 1.807) is 11.9 Å². The van der Waals surface area contributed by atoms with Crippen molar-refractivity contribution in [1.82, 2.24) is 14.7 Å². The lowest BCUT2D eigenvalue weighted by atomic mass is 9.94. The topological polar surface area (TPSA) is 43.9 Å².